The van der Waals surface area contributed by atoms with Gasteiger partial charge in [0.2, 0.25) is 5.91 Å². The Bertz CT molecular complexity index is 246. The van der Waals surface area contributed by atoms with Crippen molar-refractivity contribution in [2.24, 2.45) is 0 Å². The van der Waals surface area contributed by atoms with E-state index in [9.17, 15) is 9.90 Å². The van der Waals surface area contributed by atoms with Gasteiger partial charge in [-0.2, -0.15) is 0 Å². The van der Waals surface area contributed by atoms with Gasteiger partial charge in [0.05, 0.1) is 12.1 Å². The number of nitrogens with one attached hydrogen (secondary N) is 1. The number of rotatable bonds is 8. The molecular formula is C14H28N2O2. The molecule has 1 saturated heterocycles. The summed E-state index contributed by atoms with van der Waals surface area (Å²) in [6.07, 6.45) is 5.82. The molecule has 4 nitrogen and oxygen atoms in total. The highest BCUT2D eigenvalue weighted by molar-refractivity contribution is 5.82. The number of aliphatic hydroxyl groups excluding tert-OH is 1. The minimum Gasteiger partial charge on any atom is -0.392 e. The summed E-state index contributed by atoms with van der Waals surface area (Å²) in [4.78, 5) is 14.3. The Balaban J connectivity index is 2.43. The Hall–Kier alpha value is -0.610. The molecule has 1 heterocycles. The lowest BCUT2D eigenvalue weighted by molar-refractivity contribution is -0.133. The maximum absolute atomic E-state index is 12.3. The van der Waals surface area contributed by atoms with Crippen LogP contribution >= 0.6 is 0 Å². The van der Waals surface area contributed by atoms with Crippen molar-refractivity contribution < 1.29 is 9.90 Å². The Labute approximate surface area is 111 Å². The van der Waals surface area contributed by atoms with Crippen molar-refractivity contribution in [3.8, 4) is 0 Å². The second-order valence-corrected chi connectivity index (χ2v) is 5.24. The molecule has 1 fully saturated rings. The fraction of sp³-hybridized carbons (Fsp3) is 0.929. The lowest BCUT2D eigenvalue weighted by Gasteiger charge is -2.25. The molecule has 0 aromatic carbocycles. The minimum absolute atomic E-state index is 0.168. The molecule has 0 saturated carbocycles. The number of unbranched alkanes of at least 4 members (excludes halogenated alkanes) is 3. The molecule has 1 rings (SSSR count). The maximum Gasteiger partial charge on any atom is 0.239 e. The van der Waals surface area contributed by atoms with Gasteiger partial charge in [-0.1, -0.05) is 33.1 Å². The number of carbonyl (C=O) groups excluding carboxylic acids is 1. The first-order valence-electron chi connectivity index (χ1n) is 7.39. The van der Waals surface area contributed by atoms with Gasteiger partial charge in [-0.3, -0.25) is 4.79 Å². The van der Waals surface area contributed by atoms with Crippen molar-refractivity contribution in [1.29, 1.82) is 0 Å². The van der Waals surface area contributed by atoms with E-state index in [2.05, 4.69) is 19.2 Å². The van der Waals surface area contributed by atoms with Crippen LogP contribution < -0.4 is 5.32 Å². The Kier molecular flexibility index (Phi) is 7.28. The molecule has 0 spiro atoms. The van der Waals surface area contributed by atoms with Gasteiger partial charge in [0.15, 0.2) is 0 Å². The number of hydrogen-bond acceptors (Lipinski definition) is 3. The van der Waals surface area contributed by atoms with Crippen molar-refractivity contribution in [2.45, 2.75) is 64.5 Å². The Morgan fingerprint density at radius 2 is 1.89 bits per heavy atom. The number of carbonyl (C=O) groups is 1. The van der Waals surface area contributed by atoms with Crippen molar-refractivity contribution >= 4 is 5.91 Å². The van der Waals surface area contributed by atoms with Crippen molar-refractivity contribution in [3.63, 3.8) is 0 Å². The SMILES string of the molecule is CCCCCN(CCCC)C(=O)[C@@H]1CC(O)CN1. The zero-order valence-electron chi connectivity index (χ0n) is 11.8. The fourth-order valence-electron chi connectivity index (χ4n) is 2.36. The summed E-state index contributed by atoms with van der Waals surface area (Å²) < 4.78 is 0. The first kappa shape index (κ1) is 15.4. The number of nitrogens with zero attached hydrogens (tertiary/aromatic N) is 1. The lowest BCUT2D eigenvalue weighted by atomic mass is 10.1. The van der Waals surface area contributed by atoms with Crippen LogP contribution in [0.25, 0.3) is 0 Å². The van der Waals surface area contributed by atoms with Gasteiger partial charge in [0.1, 0.15) is 0 Å². The third-order valence-corrected chi connectivity index (χ3v) is 3.53. The molecular weight excluding hydrogens is 228 g/mol. The molecule has 18 heavy (non-hydrogen) atoms. The van der Waals surface area contributed by atoms with Gasteiger partial charge in [-0.25, -0.2) is 0 Å². The Morgan fingerprint density at radius 3 is 2.44 bits per heavy atom. The number of amides is 1. The van der Waals surface area contributed by atoms with Gasteiger partial charge >= 0.3 is 0 Å². The first-order valence-corrected chi connectivity index (χ1v) is 7.39. The average molecular weight is 256 g/mol. The second-order valence-electron chi connectivity index (χ2n) is 5.24. The number of aliphatic hydroxyl groups is 1. The molecule has 0 bridgehead atoms. The van der Waals surface area contributed by atoms with E-state index in [1.807, 2.05) is 4.90 Å². The normalized spacial score (nSPS) is 23.3. The largest absolute Gasteiger partial charge is 0.392 e. The van der Waals surface area contributed by atoms with Crippen LogP contribution in [0.2, 0.25) is 0 Å². The molecule has 1 aliphatic heterocycles. The predicted molar refractivity (Wildman–Crippen MR) is 73.4 cm³/mol. The van der Waals surface area contributed by atoms with E-state index in [0.29, 0.717) is 13.0 Å². The summed E-state index contributed by atoms with van der Waals surface area (Å²) in [5, 5.41) is 12.6. The van der Waals surface area contributed by atoms with Gasteiger partial charge in [0.25, 0.3) is 0 Å². The van der Waals surface area contributed by atoms with E-state index in [4.69, 9.17) is 0 Å². The molecule has 0 radical (unpaired) electrons. The predicted octanol–water partition coefficient (Wildman–Crippen LogP) is 1.53. The summed E-state index contributed by atoms with van der Waals surface area (Å²) in [6.45, 7) is 6.58. The molecule has 2 N–H and O–H groups in total. The van der Waals surface area contributed by atoms with Crippen molar-refractivity contribution in [3.05, 3.63) is 0 Å². The van der Waals surface area contributed by atoms with Crippen LogP contribution in [-0.4, -0.2) is 47.7 Å². The third kappa shape index (κ3) is 4.94. The summed E-state index contributed by atoms with van der Waals surface area (Å²) in [6, 6.07) is -0.168. The van der Waals surface area contributed by atoms with Crippen LogP contribution in [0.5, 0.6) is 0 Å². The second kappa shape index (κ2) is 8.48. The van der Waals surface area contributed by atoms with E-state index in [-0.39, 0.29) is 18.1 Å². The first-order chi connectivity index (χ1) is 8.69. The number of β-amino-alcohol motifs (C(OH)–C–C–N with tert-alkyl or cyclic N) is 1. The highest BCUT2D eigenvalue weighted by atomic mass is 16.3. The lowest BCUT2D eigenvalue weighted by Crippen LogP contribution is -2.44. The van der Waals surface area contributed by atoms with Crippen molar-refractivity contribution in [2.75, 3.05) is 19.6 Å². The monoisotopic (exact) mass is 256 g/mol. The highest BCUT2D eigenvalue weighted by Crippen LogP contribution is 2.11. The molecule has 1 amide bonds. The van der Waals surface area contributed by atoms with Gasteiger partial charge < -0.3 is 15.3 Å². The van der Waals surface area contributed by atoms with E-state index >= 15 is 0 Å². The minimum atomic E-state index is -0.359. The van der Waals surface area contributed by atoms with E-state index in [1.165, 1.54) is 12.8 Å². The molecule has 1 aliphatic rings. The van der Waals surface area contributed by atoms with Gasteiger partial charge in [-0.05, 0) is 19.3 Å². The zero-order valence-corrected chi connectivity index (χ0v) is 11.8. The van der Waals surface area contributed by atoms with Crippen molar-refractivity contribution in [1.82, 2.24) is 10.2 Å². The van der Waals surface area contributed by atoms with E-state index in [1.54, 1.807) is 0 Å². The van der Waals surface area contributed by atoms with Crippen LogP contribution in [0, 0.1) is 0 Å². The van der Waals surface area contributed by atoms with Gasteiger partial charge in [-0.15, -0.1) is 0 Å². The van der Waals surface area contributed by atoms with E-state index in [0.717, 1.165) is 32.4 Å². The van der Waals surface area contributed by atoms with Crippen LogP contribution in [0.1, 0.15) is 52.4 Å². The quantitative estimate of drug-likeness (QED) is 0.648. The van der Waals surface area contributed by atoms with Crippen LogP contribution in [0.4, 0.5) is 0 Å². The van der Waals surface area contributed by atoms with Crippen LogP contribution in [0.15, 0.2) is 0 Å². The smallest absolute Gasteiger partial charge is 0.239 e. The van der Waals surface area contributed by atoms with E-state index < -0.39 is 0 Å². The molecule has 2 atom stereocenters. The van der Waals surface area contributed by atoms with Crippen LogP contribution in [-0.2, 0) is 4.79 Å². The van der Waals surface area contributed by atoms with Gasteiger partial charge in [0, 0.05) is 19.6 Å². The summed E-state index contributed by atoms with van der Waals surface area (Å²) in [5.74, 6) is 0.177. The highest BCUT2D eigenvalue weighted by Gasteiger charge is 2.30. The molecule has 0 aromatic rings. The summed E-state index contributed by atoms with van der Waals surface area (Å²) in [5.41, 5.74) is 0. The number of hydrogen-bond donors (Lipinski definition) is 2. The topological polar surface area (TPSA) is 52.6 Å². The molecule has 1 unspecified atom stereocenters. The fourth-order valence-corrected chi connectivity index (χ4v) is 2.36. The molecule has 4 heteroatoms. The zero-order chi connectivity index (χ0) is 13.4. The van der Waals surface area contributed by atoms with Crippen LogP contribution in [0.3, 0.4) is 0 Å². The average Bonchev–Trinajstić information content (AvgIpc) is 2.79. The standard InChI is InChI=1S/C14H28N2O2/c1-3-5-7-9-16(8-6-4-2)14(18)13-10-12(17)11-15-13/h12-13,15,17H,3-11H2,1-2H3/t12?,13-/m0/s1. The molecule has 0 aromatic heterocycles. The molecule has 0 aliphatic carbocycles. The third-order valence-electron chi connectivity index (χ3n) is 3.53. The summed E-state index contributed by atoms with van der Waals surface area (Å²) >= 11 is 0. The summed E-state index contributed by atoms with van der Waals surface area (Å²) in [7, 11) is 0. The molecule has 106 valence electrons. The Morgan fingerprint density at radius 1 is 1.22 bits per heavy atom. The maximum atomic E-state index is 12.3.